The number of hydrogen-bond donors (Lipinski definition) is 10. The van der Waals surface area contributed by atoms with E-state index in [1.807, 2.05) is 42.5 Å². The first kappa shape index (κ1) is 81.2. The average molecular weight is 1630 g/mol. The molecule has 0 unspecified atom stereocenters. The number of carbonyl (C=O) groups excluding carboxylic acids is 12. The van der Waals surface area contributed by atoms with Gasteiger partial charge in [0.15, 0.2) is 5.65 Å². The molecular formula is C87H74N18O16. The number of urea groups is 4. The second kappa shape index (κ2) is 33.5. The first-order valence-electron chi connectivity index (χ1n) is 37.4. The number of nitrogens with one attached hydrogen (secondary N) is 8. The van der Waals surface area contributed by atoms with Gasteiger partial charge >= 0.3 is 24.1 Å². The Morgan fingerprint density at radius 1 is 0.397 bits per heavy atom. The van der Waals surface area contributed by atoms with Gasteiger partial charge in [0.1, 0.15) is 34.5 Å². The number of hydrogen-bond acceptors (Lipinski definition) is 22. The maximum atomic E-state index is 13.0. The van der Waals surface area contributed by atoms with Gasteiger partial charge in [0.2, 0.25) is 22.2 Å². The van der Waals surface area contributed by atoms with E-state index in [4.69, 9.17) is 30.4 Å². The molecule has 17 rings (SSSR count). The number of fused-ring (bicyclic) bond motifs is 5. The monoisotopic (exact) mass is 1630 g/mol. The quantitative estimate of drug-likeness (QED) is 0.0572. The number of ether oxygens (including phenoxy) is 4. The molecule has 9 aromatic rings. The lowest BCUT2D eigenvalue weighted by Crippen LogP contribution is -2.54. The number of nitrogen functional groups attached to an aromatic ring is 2. The number of amides is 16. The number of anilines is 2. The van der Waals surface area contributed by atoms with Gasteiger partial charge in [0, 0.05) is 89.7 Å². The van der Waals surface area contributed by atoms with Crippen molar-refractivity contribution in [1.29, 1.82) is 0 Å². The number of carbonyl (C=O) groups is 12. The summed E-state index contributed by atoms with van der Waals surface area (Å²) in [5.74, 6) is 22.3. The maximum absolute atomic E-state index is 13.0. The highest BCUT2D eigenvalue weighted by Gasteiger charge is 2.53. The van der Waals surface area contributed by atoms with Crippen molar-refractivity contribution in [2.24, 2.45) is 0 Å². The van der Waals surface area contributed by atoms with E-state index in [0.717, 1.165) is 38.8 Å². The van der Waals surface area contributed by atoms with Crippen LogP contribution < -0.4 is 72.9 Å². The molecule has 5 aromatic carbocycles. The van der Waals surface area contributed by atoms with Crippen molar-refractivity contribution in [2.45, 2.75) is 68.1 Å². The zero-order valence-corrected chi connectivity index (χ0v) is 65.6. The maximum Gasteiger partial charge on any atom is 0.323 e. The smallest absolute Gasteiger partial charge is 0.323 e. The number of benzene rings is 5. The normalized spacial score (nSPS) is 19.7. The molecule has 0 radical (unpaired) electrons. The van der Waals surface area contributed by atoms with Crippen molar-refractivity contribution < 1.29 is 76.5 Å². The van der Waals surface area contributed by atoms with E-state index in [-0.39, 0.29) is 67.9 Å². The summed E-state index contributed by atoms with van der Waals surface area (Å²) in [6, 6.07) is 38.1. The number of nitrogens with zero attached hydrogens (tertiary/aromatic N) is 8. The molecule has 8 aliphatic heterocycles. The van der Waals surface area contributed by atoms with Crippen LogP contribution in [0.25, 0.3) is 11.0 Å². The average Bonchev–Trinajstić information content (AvgIpc) is 1.63. The SMILES string of the molecule is COc1ccc2c(c1)C(=O)N(C[C@@]1(C#Cc3cccc(C(C)C)c3)NC(=O)NC1=O)C2.COc1ccc2c(c1)C(=O)N(C[C@@]1(C#Cc3cccnc3N)NC(=O)NC1=O)C2.COc1ccc2c(c1)C(=O)N(C[C@@]1(C#Cc3cnc4ncccc4c3)NC(=O)NC1=O)C2.COc1ccc2c(c1)C(=O)N(C[C@@]1(C#Cc3ncccc3N)NC(=O)NC1=O)C2. The molecule has 0 saturated carbocycles. The van der Waals surface area contributed by atoms with Crippen LogP contribution in [-0.2, 0) is 45.4 Å². The lowest BCUT2D eigenvalue weighted by molar-refractivity contribution is -0.123. The Morgan fingerprint density at radius 2 is 0.769 bits per heavy atom. The van der Waals surface area contributed by atoms with Gasteiger partial charge in [0.05, 0.1) is 65.9 Å². The molecule has 34 heteroatoms. The Morgan fingerprint density at radius 3 is 1.15 bits per heavy atom. The van der Waals surface area contributed by atoms with Crippen LogP contribution in [-0.4, -0.2) is 188 Å². The Hall–Kier alpha value is -16.4. The fourth-order valence-electron chi connectivity index (χ4n) is 14.2. The van der Waals surface area contributed by atoms with Crippen LogP contribution in [0.15, 0.2) is 164 Å². The summed E-state index contributed by atoms with van der Waals surface area (Å²) < 4.78 is 20.8. The molecule has 8 aliphatic rings. The Kier molecular flexibility index (Phi) is 22.5. The second-order valence-corrected chi connectivity index (χ2v) is 28.9. The van der Waals surface area contributed by atoms with Crippen LogP contribution in [0.3, 0.4) is 0 Å². The lowest BCUT2D eigenvalue weighted by Gasteiger charge is -2.26. The molecular weight excluding hydrogens is 1550 g/mol. The standard InChI is InChI=1S/C24H23N3O4.C23H17N5O4.2C20H17N5O4/c1-15(2)17-6-4-5-16(11-17)9-10-24(22(29)25-23(30)26-24)14-27-13-18-7-8-19(31-3)12-20(18)21(27)28;1-32-17-5-4-16-12-28(20(29)18(16)10-17)13-23(21(30)26-22(31)27-23)7-6-14-9-15-3-2-8-24-19(15)25-11-14;1-29-13-5-4-12-10-25(17(26)14(12)9-13)11-20(18(27)23-19(28)24-20)7-6-16-15(21)3-2-8-22-16;1-29-14-5-4-13-10-25(17(26)15(13)9-14)11-20(18(27)23-19(28)24-20)7-6-12-3-2-8-22-16(12)21/h4-8,11-12,15H,13-14H2,1-3H3,(H2,25,26,29,30);2-5,8-11H,12-13H2,1H3,(H2,26,27,30,31);2-5,8-9H,10-11,21H2,1H3,(H2,23,24,27,28);2-5,8-9H,10-11H2,1H3,(H2,21,22)(H2,23,24,27,28)/t24-;23-;2*20-/m1111/s1. The third kappa shape index (κ3) is 16.9. The van der Waals surface area contributed by atoms with Crippen LogP contribution in [0.1, 0.15) is 111 Å². The molecule has 0 bridgehead atoms. The summed E-state index contributed by atoms with van der Waals surface area (Å²) in [6.07, 6.45) is 6.24. The molecule has 16 amide bonds. The third-order valence-electron chi connectivity index (χ3n) is 20.6. The van der Waals surface area contributed by atoms with Crippen molar-refractivity contribution in [3.8, 4) is 70.4 Å². The highest BCUT2D eigenvalue weighted by atomic mass is 16.5. The molecule has 4 fully saturated rings. The van der Waals surface area contributed by atoms with Crippen LogP contribution in [0, 0.1) is 47.4 Å². The van der Waals surface area contributed by atoms with Crippen molar-refractivity contribution in [1.82, 2.24) is 82.1 Å². The van der Waals surface area contributed by atoms with E-state index >= 15 is 0 Å². The highest BCUT2D eigenvalue weighted by molar-refractivity contribution is 6.13. The predicted molar refractivity (Wildman–Crippen MR) is 433 cm³/mol. The van der Waals surface area contributed by atoms with Gasteiger partial charge < -0.3 is 71.3 Å². The van der Waals surface area contributed by atoms with Crippen LogP contribution >= 0.6 is 0 Å². The van der Waals surface area contributed by atoms with Gasteiger partial charge in [-0.3, -0.25) is 59.6 Å². The van der Waals surface area contributed by atoms with Gasteiger partial charge in [-0.1, -0.05) is 91.7 Å². The minimum atomic E-state index is -1.61. The van der Waals surface area contributed by atoms with Gasteiger partial charge in [0.25, 0.3) is 47.3 Å². The molecule has 4 saturated heterocycles. The molecule has 12 heterocycles. The van der Waals surface area contributed by atoms with Gasteiger partial charge in [-0.2, -0.15) is 0 Å². The summed E-state index contributed by atoms with van der Waals surface area (Å²) in [5, 5.41) is 20.0. The number of methoxy groups -OCH3 is 4. The minimum absolute atomic E-state index is 0.0583. The lowest BCUT2D eigenvalue weighted by atomic mass is 9.97. The minimum Gasteiger partial charge on any atom is -0.497 e. The van der Waals surface area contributed by atoms with E-state index in [1.165, 1.54) is 60.4 Å². The first-order valence-corrected chi connectivity index (χ1v) is 37.4. The van der Waals surface area contributed by atoms with Crippen molar-refractivity contribution in [3.05, 3.63) is 237 Å². The largest absolute Gasteiger partial charge is 0.497 e. The van der Waals surface area contributed by atoms with E-state index in [1.54, 1.807) is 109 Å². The van der Waals surface area contributed by atoms with Crippen LogP contribution in [0.5, 0.6) is 23.0 Å². The van der Waals surface area contributed by atoms with Gasteiger partial charge in [-0.15, -0.1) is 0 Å². The number of imide groups is 4. The van der Waals surface area contributed by atoms with E-state index < -0.39 is 69.9 Å². The van der Waals surface area contributed by atoms with E-state index in [9.17, 15) is 57.5 Å². The number of rotatable bonds is 13. The Bertz CT molecular complexity index is 6010. The zero-order chi connectivity index (χ0) is 85.7. The van der Waals surface area contributed by atoms with Gasteiger partial charge in [-0.05, 0) is 143 Å². The summed E-state index contributed by atoms with van der Waals surface area (Å²) in [4.78, 5) is 172. The summed E-state index contributed by atoms with van der Waals surface area (Å²) in [6.45, 7) is 4.98. The highest BCUT2D eigenvalue weighted by Crippen LogP contribution is 2.34. The number of nitrogens with two attached hydrogens (primary N) is 2. The van der Waals surface area contributed by atoms with Crippen molar-refractivity contribution in [2.75, 3.05) is 66.1 Å². The predicted octanol–water partition coefficient (Wildman–Crippen LogP) is 4.14. The molecule has 0 spiro atoms. The first-order chi connectivity index (χ1) is 58.1. The summed E-state index contributed by atoms with van der Waals surface area (Å²) >= 11 is 0. The molecule has 4 aromatic heterocycles. The summed E-state index contributed by atoms with van der Waals surface area (Å²) in [7, 11) is 6.10. The molecule has 121 heavy (non-hydrogen) atoms. The second-order valence-electron chi connectivity index (χ2n) is 28.9. The van der Waals surface area contributed by atoms with E-state index in [0.29, 0.717) is 93.3 Å². The van der Waals surface area contributed by atoms with Gasteiger partial charge in [-0.25, -0.2) is 39.1 Å². The van der Waals surface area contributed by atoms with E-state index in [2.05, 4.69) is 124 Å². The van der Waals surface area contributed by atoms with Crippen LogP contribution in [0.2, 0.25) is 0 Å². The molecule has 34 nitrogen and oxygen atoms in total. The zero-order valence-electron chi connectivity index (χ0n) is 65.6. The van der Waals surface area contributed by atoms with Crippen molar-refractivity contribution in [3.63, 3.8) is 0 Å². The fraction of sp³-hybridized carbons (Fsp3) is 0.218. The fourth-order valence-corrected chi connectivity index (χ4v) is 14.2. The topological polar surface area (TPSA) is 455 Å². The van der Waals surface area contributed by atoms with Crippen molar-refractivity contribution >= 4 is 93.9 Å². The number of aromatic nitrogens is 4. The molecule has 4 atom stereocenters. The molecule has 608 valence electrons. The number of pyridine rings is 4. The molecule has 12 N–H and O–H groups in total. The Labute approximate surface area is 690 Å². The Balaban J connectivity index is 0.000000132. The third-order valence-corrected chi connectivity index (χ3v) is 20.6. The molecule has 0 aliphatic carbocycles. The summed E-state index contributed by atoms with van der Waals surface area (Å²) in [5.41, 5.74) is 14.7. The van der Waals surface area contributed by atoms with Crippen LogP contribution in [0.4, 0.5) is 30.7 Å².